The number of hydrogen-bond donors (Lipinski definition) is 1. The lowest BCUT2D eigenvalue weighted by Gasteiger charge is -2.10. The van der Waals surface area contributed by atoms with Gasteiger partial charge in [0, 0.05) is 12.5 Å². The van der Waals surface area contributed by atoms with Gasteiger partial charge in [-0.3, -0.25) is 0 Å². The Morgan fingerprint density at radius 3 is 2.45 bits per heavy atom. The van der Waals surface area contributed by atoms with Crippen LogP contribution in [-0.4, -0.2) is 9.55 Å². The molecule has 1 aromatic carbocycles. The highest BCUT2D eigenvalue weighted by molar-refractivity contribution is 5.39. The van der Waals surface area contributed by atoms with Gasteiger partial charge < -0.3 is 10.3 Å². The Hall–Kier alpha value is -1.77. The maximum absolute atomic E-state index is 6.29. The summed E-state index contributed by atoms with van der Waals surface area (Å²) in [6.07, 6.45) is 2.98. The molecule has 0 amide bonds. The first-order chi connectivity index (χ1) is 9.63. The summed E-state index contributed by atoms with van der Waals surface area (Å²) >= 11 is 0. The van der Waals surface area contributed by atoms with Crippen molar-refractivity contribution < 1.29 is 0 Å². The van der Waals surface area contributed by atoms with E-state index in [9.17, 15) is 0 Å². The molecule has 20 heavy (non-hydrogen) atoms. The van der Waals surface area contributed by atoms with E-state index in [0.717, 1.165) is 43.1 Å². The minimum atomic E-state index is 0.411. The van der Waals surface area contributed by atoms with Crippen LogP contribution in [0.5, 0.6) is 0 Å². The molecule has 0 aliphatic rings. The van der Waals surface area contributed by atoms with E-state index in [-0.39, 0.29) is 0 Å². The molecule has 0 aliphatic heterocycles. The van der Waals surface area contributed by atoms with Crippen LogP contribution in [0, 0.1) is 0 Å². The first-order valence-corrected chi connectivity index (χ1v) is 7.52. The Labute approximate surface area is 121 Å². The van der Waals surface area contributed by atoms with Crippen molar-refractivity contribution in [3.05, 3.63) is 47.4 Å². The fourth-order valence-electron chi connectivity index (χ4n) is 2.53. The molecule has 3 heteroatoms. The van der Waals surface area contributed by atoms with Gasteiger partial charge in [-0.1, -0.05) is 51.1 Å². The molecule has 2 aromatic rings. The Morgan fingerprint density at radius 1 is 1.15 bits per heavy atom. The van der Waals surface area contributed by atoms with Crippen LogP contribution in [-0.2, 0) is 19.4 Å². The number of aromatic nitrogens is 2. The zero-order valence-corrected chi connectivity index (χ0v) is 12.8. The second-order valence-electron chi connectivity index (χ2n) is 5.59. The standard InChI is InChI=1S/C17H25N3/c1-4-12-20-16(18)15(19-17(20)13(2)3)11-10-14-8-6-5-7-9-14/h5-9,13H,4,10-12,18H2,1-3H3. The van der Waals surface area contributed by atoms with Gasteiger partial charge in [-0.05, 0) is 24.8 Å². The summed E-state index contributed by atoms with van der Waals surface area (Å²) in [6, 6.07) is 10.5. The van der Waals surface area contributed by atoms with E-state index < -0.39 is 0 Å². The zero-order chi connectivity index (χ0) is 14.5. The van der Waals surface area contributed by atoms with Crippen molar-refractivity contribution in [2.75, 3.05) is 5.73 Å². The van der Waals surface area contributed by atoms with Crippen LogP contribution in [0.3, 0.4) is 0 Å². The maximum atomic E-state index is 6.29. The lowest BCUT2D eigenvalue weighted by Crippen LogP contribution is -2.08. The van der Waals surface area contributed by atoms with Gasteiger partial charge in [-0.25, -0.2) is 4.98 Å². The molecule has 1 heterocycles. The van der Waals surface area contributed by atoms with E-state index in [2.05, 4.69) is 49.6 Å². The van der Waals surface area contributed by atoms with Crippen molar-refractivity contribution >= 4 is 5.82 Å². The highest BCUT2D eigenvalue weighted by Gasteiger charge is 2.16. The largest absolute Gasteiger partial charge is 0.384 e. The SMILES string of the molecule is CCCn1c(C(C)C)nc(CCc2ccccc2)c1N. The number of nitrogens with zero attached hydrogens (tertiary/aromatic N) is 2. The topological polar surface area (TPSA) is 43.8 Å². The minimum Gasteiger partial charge on any atom is -0.384 e. The Balaban J connectivity index is 2.17. The second-order valence-corrected chi connectivity index (χ2v) is 5.59. The first kappa shape index (κ1) is 14.6. The van der Waals surface area contributed by atoms with Crippen LogP contribution in [0.25, 0.3) is 0 Å². The summed E-state index contributed by atoms with van der Waals surface area (Å²) in [4.78, 5) is 4.78. The van der Waals surface area contributed by atoms with Crippen molar-refractivity contribution in [2.45, 2.75) is 52.5 Å². The Bertz CT molecular complexity index is 541. The molecule has 0 fully saturated rings. The van der Waals surface area contributed by atoms with Gasteiger partial charge in [0.1, 0.15) is 11.6 Å². The number of aryl methyl sites for hydroxylation is 2. The van der Waals surface area contributed by atoms with Crippen molar-refractivity contribution in [1.82, 2.24) is 9.55 Å². The Kier molecular flexibility index (Phi) is 4.83. The van der Waals surface area contributed by atoms with E-state index in [4.69, 9.17) is 10.7 Å². The number of hydrogen-bond acceptors (Lipinski definition) is 2. The fraction of sp³-hybridized carbons (Fsp3) is 0.471. The molecule has 0 spiro atoms. The molecule has 0 atom stereocenters. The summed E-state index contributed by atoms with van der Waals surface area (Å²) in [5.74, 6) is 2.38. The van der Waals surface area contributed by atoms with Crippen LogP contribution in [0.1, 0.15) is 50.2 Å². The third kappa shape index (κ3) is 3.21. The monoisotopic (exact) mass is 271 g/mol. The van der Waals surface area contributed by atoms with E-state index in [1.807, 2.05) is 6.07 Å². The average Bonchev–Trinajstić information content (AvgIpc) is 2.76. The van der Waals surface area contributed by atoms with Crippen LogP contribution in [0.2, 0.25) is 0 Å². The number of benzene rings is 1. The van der Waals surface area contributed by atoms with Crippen molar-refractivity contribution in [3.8, 4) is 0 Å². The van der Waals surface area contributed by atoms with E-state index in [1.54, 1.807) is 0 Å². The summed E-state index contributed by atoms with van der Waals surface area (Å²) < 4.78 is 2.19. The third-order valence-electron chi connectivity index (χ3n) is 3.57. The molecule has 0 aliphatic carbocycles. The van der Waals surface area contributed by atoms with Crippen molar-refractivity contribution in [3.63, 3.8) is 0 Å². The molecule has 0 saturated heterocycles. The van der Waals surface area contributed by atoms with Gasteiger partial charge in [0.05, 0.1) is 5.69 Å². The molecular formula is C17H25N3. The molecule has 2 N–H and O–H groups in total. The summed E-state index contributed by atoms with van der Waals surface area (Å²) in [7, 11) is 0. The maximum Gasteiger partial charge on any atom is 0.126 e. The highest BCUT2D eigenvalue weighted by atomic mass is 15.1. The molecular weight excluding hydrogens is 246 g/mol. The molecule has 108 valence electrons. The normalized spacial score (nSPS) is 11.2. The molecule has 1 aromatic heterocycles. The highest BCUT2D eigenvalue weighted by Crippen LogP contribution is 2.22. The Morgan fingerprint density at radius 2 is 1.85 bits per heavy atom. The van der Waals surface area contributed by atoms with Crippen LogP contribution in [0.4, 0.5) is 5.82 Å². The lowest BCUT2D eigenvalue weighted by molar-refractivity contribution is 0.616. The minimum absolute atomic E-state index is 0.411. The molecule has 0 saturated carbocycles. The molecule has 0 unspecified atom stereocenters. The summed E-state index contributed by atoms with van der Waals surface area (Å²) in [5, 5.41) is 0. The van der Waals surface area contributed by atoms with E-state index >= 15 is 0 Å². The van der Waals surface area contributed by atoms with Gasteiger partial charge >= 0.3 is 0 Å². The first-order valence-electron chi connectivity index (χ1n) is 7.52. The van der Waals surface area contributed by atoms with Crippen molar-refractivity contribution in [2.24, 2.45) is 0 Å². The predicted molar refractivity (Wildman–Crippen MR) is 84.9 cm³/mol. The van der Waals surface area contributed by atoms with E-state index in [1.165, 1.54) is 5.56 Å². The molecule has 0 bridgehead atoms. The quantitative estimate of drug-likeness (QED) is 0.868. The summed E-state index contributed by atoms with van der Waals surface area (Å²) in [6.45, 7) is 7.48. The number of anilines is 1. The molecule has 3 nitrogen and oxygen atoms in total. The molecule has 0 radical (unpaired) electrons. The van der Waals surface area contributed by atoms with Gasteiger partial charge in [0.25, 0.3) is 0 Å². The van der Waals surface area contributed by atoms with Crippen LogP contribution < -0.4 is 5.73 Å². The number of rotatable bonds is 6. The second kappa shape index (κ2) is 6.60. The van der Waals surface area contributed by atoms with Gasteiger partial charge in [0.2, 0.25) is 0 Å². The predicted octanol–water partition coefficient (Wildman–Crippen LogP) is 3.78. The zero-order valence-electron chi connectivity index (χ0n) is 12.8. The van der Waals surface area contributed by atoms with Crippen LogP contribution in [0.15, 0.2) is 30.3 Å². The molecule has 2 rings (SSSR count). The number of nitrogen functional groups attached to an aromatic ring is 1. The van der Waals surface area contributed by atoms with E-state index in [0.29, 0.717) is 5.92 Å². The summed E-state index contributed by atoms with van der Waals surface area (Å²) in [5.41, 5.74) is 8.68. The van der Waals surface area contributed by atoms with Crippen molar-refractivity contribution in [1.29, 1.82) is 0 Å². The smallest absolute Gasteiger partial charge is 0.126 e. The number of imidazole rings is 1. The van der Waals surface area contributed by atoms with Gasteiger partial charge in [-0.2, -0.15) is 0 Å². The van der Waals surface area contributed by atoms with Gasteiger partial charge in [-0.15, -0.1) is 0 Å². The third-order valence-corrected chi connectivity index (χ3v) is 3.57. The lowest BCUT2D eigenvalue weighted by atomic mass is 10.1. The number of nitrogens with two attached hydrogens (primary N) is 1. The van der Waals surface area contributed by atoms with Gasteiger partial charge in [0.15, 0.2) is 0 Å². The van der Waals surface area contributed by atoms with Crippen LogP contribution >= 0.6 is 0 Å². The fourth-order valence-corrected chi connectivity index (χ4v) is 2.53. The average molecular weight is 271 g/mol.